The highest BCUT2D eigenvalue weighted by atomic mass is 16.1. The van der Waals surface area contributed by atoms with Crippen molar-refractivity contribution in [2.75, 3.05) is 6.54 Å². The zero-order chi connectivity index (χ0) is 20.2. The normalized spacial score (nSPS) is 10.8. The summed E-state index contributed by atoms with van der Waals surface area (Å²) in [7, 11) is 0. The molecule has 0 aliphatic heterocycles. The molecule has 0 aliphatic rings. The second kappa shape index (κ2) is 8.14. The molecule has 0 aliphatic carbocycles. The number of benzene rings is 2. The summed E-state index contributed by atoms with van der Waals surface area (Å²) in [6.45, 7) is 4.54. The van der Waals surface area contributed by atoms with Crippen molar-refractivity contribution >= 4 is 5.91 Å². The van der Waals surface area contributed by atoms with Crippen LogP contribution in [0, 0.1) is 13.8 Å². The van der Waals surface area contributed by atoms with Crippen molar-refractivity contribution in [2.24, 2.45) is 0 Å². The Labute approximate surface area is 169 Å². The molecule has 0 spiro atoms. The molecule has 4 aromatic rings. The number of amides is 1. The molecular weight excluding hydrogens is 362 g/mol. The van der Waals surface area contributed by atoms with Gasteiger partial charge in [-0.3, -0.25) is 4.79 Å². The lowest BCUT2D eigenvalue weighted by molar-refractivity contribution is 0.0954. The van der Waals surface area contributed by atoms with Crippen LogP contribution in [-0.2, 0) is 6.42 Å². The van der Waals surface area contributed by atoms with Crippen LogP contribution in [0.2, 0.25) is 0 Å². The molecular formula is C23H23N5O. The Kier molecular flexibility index (Phi) is 5.24. The third-order valence-electron chi connectivity index (χ3n) is 4.74. The topological polar surface area (TPSA) is 64.7 Å². The molecule has 146 valence electrons. The SMILES string of the molecule is Cc1cc(C)n(-c2ccc(C(=O)NCCc3cnn(-c4ccccc4)c3)cc2)n1. The molecule has 0 fully saturated rings. The average Bonchev–Trinajstić information content (AvgIpc) is 3.35. The van der Waals surface area contributed by atoms with Gasteiger partial charge in [0.1, 0.15) is 0 Å². The van der Waals surface area contributed by atoms with Gasteiger partial charge in [-0.1, -0.05) is 18.2 Å². The third-order valence-corrected chi connectivity index (χ3v) is 4.74. The van der Waals surface area contributed by atoms with Gasteiger partial charge in [-0.2, -0.15) is 10.2 Å². The first kappa shape index (κ1) is 18.7. The standard InChI is InChI=1S/C23H23N5O/c1-17-14-18(2)28(26-17)22-10-8-20(9-11-22)23(29)24-13-12-19-15-25-27(16-19)21-6-4-3-5-7-21/h3-11,14-16H,12-13H2,1-2H3,(H,24,29). The zero-order valence-electron chi connectivity index (χ0n) is 16.5. The lowest BCUT2D eigenvalue weighted by Crippen LogP contribution is -2.25. The lowest BCUT2D eigenvalue weighted by Gasteiger charge is -2.07. The maximum atomic E-state index is 12.4. The Balaban J connectivity index is 1.33. The van der Waals surface area contributed by atoms with Gasteiger partial charge in [0, 0.05) is 24.0 Å². The zero-order valence-corrected chi connectivity index (χ0v) is 16.5. The molecule has 6 nitrogen and oxygen atoms in total. The number of hydrogen-bond acceptors (Lipinski definition) is 3. The molecule has 2 aromatic carbocycles. The largest absolute Gasteiger partial charge is 0.352 e. The predicted molar refractivity (Wildman–Crippen MR) is 113 cm³/mol. The summed E-state index contributed by atoms with van der Waals surface area (Å²) in [5, 5.41) is 11.8. The van der Waals surface area contributed by atoms with Crippen LogP contribution < -0.4 is 5.32 Å². The summed E-state index contributed by atoms with van der Waals surface area (Å²) < 4.78 is 3.72. The first-order valence-electron chi connectivity index (χ1n) is 9.61. The Morgan fingerprint density at radius 3 is 2.45 bits per heavy atom. The molecule has 0 unspecified atom stereocenters. The summed E-state index contributed by atoms with van der Waals surface area (Å²) in [6, 6.07) is 19.5. The molecule has 1 N–H and O–H groups in total. The Hall–Kier alpha value is -3.67. The number of aryl methyl sites for hydroxylation is 2. The van der Waals surface area contributed by atoms with E-state index in [-0.39, 0.29) is 5.91 Å². The quantitative estimate of drug-likeness (QED) is 0.551. The molecule has 0 saturated carbocycles. The maximum Gasteiger partial charge on any atom is 0.251 e. The minimum atomic E-state index is -0.0830. The van der Waals surface area contributed by atoms with Crippen LogP contribution >= 0.6 is 0 Å². The average molecular weight is 385 g/mol. The number of nitrogens with one attached hydrogen (secondary N) is 1. The van der Waals surface area contributed by atoms with Gasteiger partial charge in [-0.25, -0.2) is 9.36 Å². The highest BCUT2D eigenvalue weighted by Crippen LogP contribution is 2.13. The van der Waals surface area contributed by atoms with E-state index >= 15 is 0 Å². The number of carbonyl (C=O) groups excluding carboxylic acids is 1. The number of rotatable bonds is 6. The lowest BCUT2D eigenvalue weighted by atomic mass is 10.2. The molecule has 2 heterocycles. The number of para-hydroxylation sites is 1. The fourth-order valence-corrected chi connectivity index (χ4v) is 3.28. The summed E-state index contributed by atoms with van der Waals surface area (Å²) in [5.74, 6) is -0.0830. The number of nitrogens with zero attached hydrogens (tertiary/aromatic N) is 4. The van der Waals surface area contributed by atoms with Crippen LogP contribution in [0.1, 0.15) is 27.3 Å². The van der Waals surface area contributed by atoms with E-state index in [0.29, 0.717) is 12.1 Å². The smallest absolute Gasteiger partial charge is 0.251 e. The van der Waals surface area contributed by atoms with Crippen LogP contribution in [0.3, 0.4) is 0 Å². The molecule has 6 heteroatoms. The van der Waals surface area contributed by atoms with Crippen molar-refractivity contribution in [3.05, 3.63) is 95.6 Å². The van der Waals surface area contributed by atoms with Crippen LogP contribution in [-0.4, -0.2) is 32.0 Å². The van der Waals surface area contributed by atoms with Gasteiger partial charge in [0.15, 0.2) is 0 Å². The Bertz CT molecular complexity index is 1110. The van der Waals surface area contributed by atoms with E-state index in [4.69, 9.17) is 0 Å². The fourth-order valence-electron chi connectivity index (χ4n) is 3.28. The summed E-state index contributed by atoms with van der Waals surface area (Å²) in [4.78, 5) is 12.4. The van der Waals surface area contributed by atoms with Gasteiger partial charge in [-0.05, 0) is 68.3 Å². The highest BCUT2D eigenvalue weighted by Gasteiger charge is 2.08. The van der Waals surface area contributed by atoms with Gasteiger partial charge < -0.3 is 5.32 Å². The number of hydrogen-bond donors (Lipinski definition) is 1. The first-order chi connectivity index (χ1) is 14.1. The number of carbonyl (C=O) groups is 1. The minimum absolute atomic E-state index is 0.0830. The minimum Gasteiger partial charge on any atom is -0.352 e. The van der Waals surface area contributed by atoms with E-state index in [1.807, 2.05) is 96.3 Å². The molecule has 2 aromatic heterocycles. The Morgan fingerprint density at radius 1 is 1.00 bits per heavy atom. The highest BCUT2D eigenvalue weighted by molar-refractivity contribution is 5.94. The molecule has 1 amide bonds. The van der Waals surface area contributed by atoms with Crippen LogP contribution in [0.15, 0.2) is 73.1 Å². The van der Waals surface area contributed by atoms with Crippen molar-refractivity contribution in [3.63, 3.8) is 0 Å². The maximum absolute atomic E-state index is 12.4. The molecule has 29 heavy (non-hydrogen) atoms. The summed E-state index contributed by atoms with van der Waals surface area (Å²) in [6.07, 6.45) is 4.55. The molecule has 0 radical (unpaired) electrons. The van der Waals surface area contributed by atoms with Crippen molar-refractivity contribution < 1.29 is 4.79 Å². The molecule has 4 rings (SSSR count). The summed E-state index contributed by atoms with van der Waals surface area (Å²) in [5.41, 5.74) is 5.71. The van der Waals surface area contributed by atoms with Crippen LogP contribution in [0.25, 0.3) is 11.4 Å². The third kappa shape index (κ3) is 4.27. The summed E-state index contributed by atoms with van der Waals surface area (Å²) >= 11 is 0. The van der Waals surface area contributed by atoms with E-state index in [1.165, 1.54) is 0 Å². The van der Waals surface area contributed by atoms with Gasteiger partial charge in [0.2, 0.25) is 0 Å². The fraction of sp³-hybridized carbons (Fsp3) is 0.174. The van der Waals surface area contributed by atoms with Gasteiger partial charge in [-0.15, -0.1) is 0 Å². The van der Waals surface area contributed by atoms with Crippen LogP contribution in [0.5, 0.6) is 0 Å². The van der Waals surface area contributed by atoms with Gasteiger partial charge in [0.25, 0.3) is 5.91 Å². The van der Waals surface area contributed by atoms with E-state index < -0.39 is 0 Å². The predicted octanol–water partition coefficient (Wildman–Crippen LogP) is 3.65. The van der Waals surface area contributed by atoms with E-state index in [1.54, 1.807) is 0 Å². The van der Waals surface area contributed by atoms with Crippen molar-refractivity contribution in [3.8, 4) is 11.4 Å². The van der Waals surface area contributed by atoms with Gasteiger partial charge in [0.05, 0.1) is 23.3 Å². The molecule has 0 bridgehead atoms. The van der Waals surface area contributed by atoms with Gasteiger partial charge >= 0.3 is 0 Å². The van der Waals surface area contributed by atoms with E-state index in [0.717, 1.165) is 34.7 Å². The van der Waals surface area contributed by atoms with E-state index in [2.05, 4.69) is 15.5 Å². The first-order valence-corrected chi connectivity index (χ1v) is 9.61. The van der Waals surface area contributed by atoms with E-state index in [9.17, 15) is 4.79 Å². The monoisotopic (exact) mass is 385 g/mol. The van der Waals surface area contributed by atoms with Crippen LogP contribution in [0.4, 0.5) is 0 Å². The second-order valence-corrected chi connectivity index (χ2v) is 7.02. The molecule has 0 saturated heterocycles. The van der Waals surface area contributed by atoms with Crippen molar-refractivity contribution in [2.45, 2.75) is 20.3 Å². The van der Waals surface area contributed by atoms with Crippen molar-refractivity contribution in [1.82, 2.24) is 24.9 Å². The number of aromatic nitrogens is 4. The Morgan fingerprint density at radius 2 is 1.76 bits per heavy atom. The second-order valence-electron chi connectivity index (χ2n) is 7.02. The van der Waals surface area contributed by atoms with Crippen molar-refractivity contribution in [1.29, 1.82) is 0 Å². The molecule has 0 atom stereocenters.